The van der Waals surface area contributed by atoms with E-state index in [-0.39, 0.29) is 0 Å². The maximum absolute atomic E-state index is 5.14. The molecule has 2 aromatic heterocycles. The van der Waals surface area contributed by atoms with Gasteiger partial charge in [-0.1, -0.05) is 5.16 Å². The van der Waals surface area contributed by atoms with E-state index in [4.69, 9.17) is 4.52 Å². The lowest BCUT2D eigenvalue weighted by Crippen LogP contribution is -2.08. The van der Waals surface area contributed by atoms with E-state index < -0.39 is 0 Å². The zero-order valence-electron chi connectivity index (χ0n) is 9.47. The molecular formula is C10H15N5O. The van der Waals surface area contributed by atoms with E-state index in [1.807, 2.05) is 26.4 Å². The Morgan fingerprint density at radius 1 is 1.50 bits per heavy atom. The van der Waals surface area contributed by atoms with Gasteiger partial charge < -0.3 is 9.84 Å². The van der Waals surface area contributed by atoms with Crippen molar-refractivity contribution >= 4 is 0 Å². The normalized spacial score (nSPS) is 10.9. The quantitative estimate of drug-likeness (QED) is 0.750. The summed E-state index contributed by atoms with van der Waals surface area (Å²) in [5, 5.41) is 11.2. The minimum absolute atomic E-state index is 0.556. The Bertz CT molecular complexity index is 448. The number of aromatic nitrogens is 4. The molecule has 0 radical (unpaired) electrons. The summed E-state index contributed by atoms with van der Waals surface area (Å²) in [5.41, 5.74) is 0.742. The number of nitrogens with one attached hydrogen (secondary N) is 1. The number of hydrogen-bond donors (Lipinski definition) is 1. The number of nitrogens with zero attached hydrogens (tertiary/aromatic N) is 4. The summed E-state index contributed by atoms with van der Waals surface area (Å²) in [6.07, 6.45) is 3.63. The lowest BCUT2D eigenvalue weighted by Gasteiger charge is -1.93. The van der Waals surface area contributed by atoms with Crippen molar-refractivity contribution in [3.8, 4) is 11.5 Å². The first kappa shape index (κ1) is 10.8. The Morgan fingerprint density at radius 3 is 3.06 bits per heavy atom. The second-order valence-electron chi connectivity index (χ2n) is 3.59. The highest BCUT2D eigenvalue weighted by Gasteiger charge is 2.10. The van der Waals surface area contributed by atoms with Crippen LogP contribution in [-0.4, -0.2) is 33.5 Å². The Kier molecular flexibility index (Phi) is 3.31. The molecule has 0 atom stereocenters. The van der Waals surface area contributed by atoms with E-state index in [0.717, 1.165) is 25.1 Å². The zero-order valence-corrected chi connectivity index (χ0v) is 9.47. The van der Waals surface area contributed by atoms with Crippen LogP contribution >= 0.6 is 0 Å². The average Bonchev–Trinajstić information content (AvgIpc) is 2.87. The summed E-state index contributed by atoms with van der Waals surface area (Å²) in [6, 6.07) is 1.86. The molecule has 86 valence electrons. The molecule has 0 spiro atoms. The van der Waals surface area contributed by atoms with Crippen LogP contribution in [0.5, 0.6) is 0 Å². The van der Waals surface area contributed by atoms with Crippen molar-refractivity contribution in [1.82, 2.24) is 25.2 Å². The molecule has 2 rings (SSSR count). The van der Waals surface area contributed by atoms with Gasteiger partial charge in [0.05, 0.1) is 0 Å². The van der Waals surface area contributed by atoms with Gasteiger partial charge in [0.2, 0.25) is 11.7 Å². The van der Waals surface area contributed by atoms with E-state index in [0.29, 0.717) is 11.7 Å². The largest absolute Gasteiger partial charge is 0.339 e. The van der Waals surface area contributed by atoms with Crippen molar-refractivity contribution in [2.24, 2.45) is 7.05 Å². The van der Waals surface area contributed by atoms with Crippen LogP contribution in [0.3, 0.4) is 0 Å². The van der Waals surface area contributed by atoms with Crippen LogP contribution in [0, 0.1) is 0 Å². The molecule has 0 saturated carbocycles. The maximum Gasteiger partial charge on any atom is 0.227 e. The van der Waals surface area contributed by atoms with E-state index in [1.54, 1.807) is 4.68 Å². The Balaban J connectivity index is 2.02. The minimum Gasteiger partial charge on any atom is -0.339 e. The molecule has 0 aliphatic carbocycles. The minimum atomic E-state index is 0.556. The van der Waals surface area contributed by atoms with Crippen molar-refractivity contribution in [1.29, 1.82) is 0 Å². The number of aryl methyl sites for hydroxylation is 2. The van der Waals surface area contributed by atoms with Gasteiger partial charge in [0.25, 0.3) is 0 Å². The molecule has 0 amide bonds. The molecule has 2 heterocycles. The topological polar surface area (TPSA) is 68.8 Å². The molecule has 0 unspecified atom stereocenters. The van der Waals surface area contributed by atoms with E-state index in [2.05, 4.69) is 20.6 Å². The summed E-state index contributed by atoms with van der Waals surface area (Å²) in [7, 11) is 3.78. The third-order valence-electron chi connectivity index (χ3n) is 2.23. The zero-order chi connectivity index (χ0) is 11.4. The third-order valence-corrected chi connectivity index (χ3v) is 2.23. The fraction of sp³-hybridized carbons (Fsp3) is 0.500. The summed E-state index contributed by atoms with van der Waals surface area (Å²) < 4.78 is 6.85. The maximum atomic E-state index is 5.14. The van der Waals surface area contributed by atoms with Crippen LogP contribution in [0.25, 0.3) is 11.5 Å². The molecule has 0 saturated heterocycles. The van der Waals surface area contributed by atoms with Crippen molar-refractivity contribution in [3.63, 3.8) is 0 Å². The van der Waals surface area contributed by atoms with Crippen molar-refractivity contribution in [3.05, 3.63) is 18.2 Å². The molecular weight excluding hydrogens is 206 g/mol. The summed E-state index contributed by atoms with van der Waals surface area (Å²) in [5.74, 6) is 1.22. The fourth-order valence-corrected chi connectivity index (χ4v) is 1.41. The highest BCUT2D eigenvalue weighted by atomic mass is 16.5. The second-order valence-corrected chi connectivity index (χ2v) is 3.59. The highest BCUT2D eigenvalue weighted by molar-refractivity contribution is 5.46. The van der Waals surface area contributed by atoms with Gasteiger partial charge >= 0.3 is 0 Å². The van der Waals surface area contributed by atoms with Crippen LogP contribution in [-0.2, 0) is 13.5 Å². The van der Waals surface area contributed by atoms with Crippen molar-refractivity contribution in [2.75, 3.05) is 13.6 Å². The molecule has 2 aromatic rings. The fourth-order valence-electron chi connectivity index (χ4n) is 1.41. The lowest BCUT2D eigenvalue weighted by atomic mass is 10.3. The summed E-state index contributed by atoms with van der Waals surface area (Å²) >= 11 is 0. The van der Waals surface area contributed by atoms with Crippen molar-refractivity contribution < 1.29 is 4.52 Å². The van der Waals surface area contributed by atoms with Gasteiger partial charge in [0.15, 0.2) is 0 Å². The van der Waals surface area contributed by atoms with Crippen LogP contribution in [0.1, 0.15) is 12.3 Å². The second kappa shape index (κ2) is 4.89. The number of rotatable bonds is 5. The standard InChI is InChI=1S/C10H15N5O/c1-11-6-3-4-9-12-10(14-16-9)8-5-7-15(2)13-8/h5,7,11H,3-4,6H2,1-2H3. The van der Waals surface area contributed by atoms with Gasteiger partial charge in [-0.3, -0.25) is 4.68 Å². The molecule has 0 bridgehead atoms. The predicted octanol–water partition coefficient (Wildman–Crippen LogP) is 0.622. The number of hydrogen-bond acceptors (Lipinski definition) is 5. The first-order valence-electron chi connectivity index (χ1n) is 5.27. The monoisotopic (exact) mass is 221 g/mol. The molecule has 0 aromatic carbocycles. The molecule has 16 heavy (non-hydrogen) atoms. The Labute approximate surface area is 93.7 Å². The van der Waals surface area contributed by atoms with Gasteiger partial charge in [-0.15, -0.1) is 0 Å². The van der Waals surface area contributed by atoms with Crippen LogP contribution in [0.4, 0.5) is 0 Å². The average molecular weight is 221 g/mol. The smallest absolute Gasteiger partial charge is 0.227 e. The lowest BCUT2D eigenvalue weighted by molar-refractivity contribution is 0.375. The molecule has 1 N–H and O–H groups in total. The van der Waals surface area contributed by atoms with E-state index >= 15 is 0 Å². The molecule has 6 nitrogen and oxygen atoms in total. The molecule has 0 fully saturated rings. The van der Waals surface area contributed by atoms with Gasteiger partial charge in [0, 0.05) is 19.7 Å². The van der Waals surface area contributed by atoms with Crippen LogP contribution < -0.4 is 5.32 Å². The van der Waals surface area contributed by atoms with Gasteiger partial charge in [-0.25, -0.2) is 0 Å². The first-order chi connectivity index (χ1) is 7.79. The molecule has 0 aliphatic rings. The van der Waals surface area contributed by atoms with Crippen LogP contribution in [0.15, 0.2) is 16.8 Å². The SMILES string of the molecule is CNCCCc1nc(-c2ccn(C)n2)no1. The van der Waals surface area contributed by atoms with Gasteiger partial charge in [-0.05, 0) is 26.1 Å². The molecule has 0 aliphatic heterocycles. The Hall–Kier alpha value is -1.69. The van der Waals surface area contributed by atoms with E-state index in [9.17, 15) is 0 Å². The van der Waals surface area contributed by atoms with Gasteiger partial charge in [-0.2, -0.15) is 10.1 Å². The first-order valence-corrected chi connectivity index (χ1v) is 5.27. The summed E-state index contributed by atoms with van der Waals surface area (Å²) in [6.45, 7) is 0.946. The third kappa shape index (κ3) is 2.46. The van der Waals surface area contributed by atoms with Gasteiger partial charge in [0.1, 0.15) is 5.69 Å². The van der Waals surface area contributed by atoms with Crippen LogP contribution in [0.2, 0.25) is 0 Å². The Morgan fingerprint density at radius 2 is 2.38 bits per heavy atom. The van der Waals surface area contributed by atoms with Crippen molar-refractivity contribution in [2.45, 2.75) is 12.8 Å². The highest BCUT2D eigenvalue weighted by Crippen LogP contribution is 2.12. The summed E-state index contributed by atoms with van der Waals surface area (Å²) in [4.78, 5) is 4.28. The van der Waals surface area contributed by atoms with E-state index in [1.165, 1.54) is 0 Å². The molecule has 6 heteroatoms. The predicted molar refractivity (Wildman–Crippen MR) is 58.7 cm³/mol.